The molecule has 0 bridgehead atoms. The van der Waals surface area contributed by atoms with Crippen molar-refractivity contribution in [2.24, 2.45) is 7.05 Å². The average Bonchev–Trinajstić information content (AvgIpc) is 3.54. The Morgan fingerprint density at radius 2 is 1.82 bits per heavy atom. The van der Waals surface area contributed by atoms with E-state index in [0.29, 0.717) is 24.6 Å². The summed E-state index contributed by atoms with van der Waals surface area (Å²) in [7, 11) is 0.663. The number of rotatable bonds is 8. The van der Waals surface area contributed by atoms with Gasteiger partial charge in [-0.2, -0.15) is 12.7 Å². The van der Waals surface area contributed by atoms with Gasteiger partial charge in [-0.15, -0.1) is 0 Å². The molecule has 45 heavy (non-hydrogen) atoms. The Morgan fingerprint density at radius 1 is 1.04 bits per heavy atom. The third-order valence-corrected chi connectivity index (χ3v) is 10.4. The lowest BCUT2D eigenvalue weighted by Crippen LogP contribution is -2.39. The first-order valence-electron chi connectivity index (χ1n) is 15.6. The lowest BCUT2D eigenvalue weighted by molar-refractivity contribution is -0.117. The van der Waals surface area contributed by atoms with E-state index in [1.165, 1.54) is 31.6 Å². The first-order valence-corrected chi connectivity index (χ1v) is 17.0. The highest BCUT2D eigenvalue weighted by Crippen LogP contribution is 2.46. The van der Waals surface area contributed by atoms with E-state index < -0.39 is 16.1 Å². The van der Waals surface area contributed by atoms with Crippen LogP contribution in [0.3, 0.4) is 0 Å². The number of fused-ring (bicyclic) bond motifs is 5. The number of carbonyl (C=O) groups is 2. The highest BCUT2D eigenvalue weighted by atomic mass is 32.2. The third kappa shape index (κ3) is 6.06. The van der Waals surface area contributed by atoms with E-state index in [2.05, 4.69) is 44.7 Å². The molecule has 2 aromatic heterocycles. The quantitative estimate of drug-likeness (QED) is 0.288. The van der Waals surface area contributed by atoms with Gasteiger partial charge in [0.05, 0.1) is 30.8 Å². The normalized spacial score (nSPS) is 15.4. The standard InChI is InChI=1S/C34H40N6O4S/c1-5-22-11-13-28-25(15-22)16-26(33(41)35-18-27-20-39(4)21-36-27)19-40-30-17-24(34(42)37-45(43,44)38(2)3)12-14-29(30)31(32(28)40)23-9-7-6-8-10-23/h11-17,20-21,23H,5-10,18-19H2,1-4H3,(H,35,41)(H,37,42). The Labute approximate surface area is 264 Å². The summed E-state index contributed by atoms with van der Waals surface area (Å²) in [6.07, 6.45) is 12.1. The van der Waals surface area contributed by atoms with E-state index in [1.807, 2.05) is 30.0 Å². The van der Waals surface area contributed by atoms with Gasteiger partial charge < -0.3 is 14.5 Å². The molecular formula is C34H40N6O4S. The van der Waals surface area contributed by atoms with Crippen LogP contribution in [0.5, 0.6) is 0 Å². The fourth-order valence-corrected chi connectivity index (χ4v) is 7.13. The molecule has 0 saturated heterocycles. The van der Waals surface area contributed by atoms with Gasteiger partial charge in [0.1, 0.15) is 0 Å². The van der Waals surface area contributed by atoms with Crippen LogP contribution in [-0.4, -0.2) is 52.8 Å². The zero-order valence-electron chi connectivity index (χ0n) is 26.3. The smallest absolute Gasteiger partial charge is 0.303 e. The van der Waals surface area contributed by atoms with Crippen LogP contribution in [0, 0.1) is 0 Å². The van der Waals surface area contributed by atoms with Crippen LogP contribution in [0.1, 0.15) is 77.7 Å². The van der Waals surface area contributed by atoms with E-state index in [4.69, 9.17) is 0 Å². The summed E-state index contributed by atoms with van der Waals surface area (Å²) in [4.78, 5) is 31.3. The molecule has 1 fully saturated rings. The number of nitrogens with one attached hydrogen (secondary N) is 2. The Bertz CT molecular complexity index is 1930. The number of hydrogen-bond acceptors (Lipinski definition) is 5. The fraction of sp³-hybridized carbons (Fsp3) is 0.382. The predicted octanol–water partition coefficient (Wildman–Crippen LogP) is 4.90. The molecule has 0 spiro atoms. The molecule has 2 N–H and O–H groups in total. The van der Waals surface area contributed by atoms with Gasteiger partial charge in [-0.05, 0) is 60.1 Å². The number of aromatic nitrogens is 3. The maximum Gasteiger partial charge on any atom is 0.303 e. The van der Waals surface area contributed by atoms with Crippen molar-refractivity contribution in [1.82, 2.24) is 28.5 Å². The maximum atomic E-state index is 13.8. The predicted molar refractivity (Wildman–Crippen MR) is 176 cm³/mol. The van der Waals surface area contributed by atoms with E-state index in [9.17, 15) is 18.0 Å². The van der Waals surface area contributed by atoms with Crippen LogP contribution in [0.15, 0.2) is 54.5 Å². The number of aryl methyl sites for hydroxylation is 2. The zero-order chi connectivity index (χ0) is 31.9. The number of benzene rings is 2. The lowest BCUT2D eigenvalue weighted by Gasteiger charge is -2.24. The van der Waals surface area contributed by atoms with Gasteiger partial charge >= 0.3 is 10.2 Å². The molecule has 10 nitrogen and oxygen atoms in total. The topological polar surface area (TPSA) is 118 Å². The monoisotopic (exact) mass is 628 g/mol. The number of imidazole rings is 1. The van der Waals surface area contributed by atoms with Gasteiger partial charge in [0.25, 0.3) is 5.91 Å². The van der Waals surface area contributed by atoms with Crippen molar-refractivity contribution in [3.8, 4) is 11.3 Å². The lowest BCUT2D eigenvalue weighted by atomic mass is 9.81. The third-order valence-electron chi connectivity index (χ3n) is 9.00. The SMILES string of the molecule is CCc1ccc2c(c1)C=C(C(=O)NCc1cn(C)cn1)Cn1c-2c(C2CCCCC2)c2ccc(C(=O)NS(=O)(=O)N(C)C)cc21. The summed E-state index contributed by atoms with van der Waals surface area (Å²) in [6, 6.07) is 11.9. The molecule has 1 aliphatic heterocycles. The first-order chi connectivity index (χ1) is 21.6. The molecule has 0 radical (unpaired) electrons. The Balaban J connectivity index is 1.51. The van der Waals surface area contributed by atoms with Crippen molar-refractivity contribution in [3.63, 3.8) is 0 Å². The van der Waals surface area contributed by atoms with E-state index >= 15 is 0 Å². The van der Waals surface area contributed by atoms with Crippen LogP contribution in [0.25, 0.3) is 28.2 Å². The van der Waals surface area contributed by atoms with Gasteiger partial charge in [0, 0.05) is 54.9 Å². The Kier molecular flexibility index (Phi) is 8.41. The van der Waals surface area contributed by atoms with Crippen LogP contribution in [-0.2, 0) is 41.6 Å². The van der Waals surface area contributed by atoms with Gasteiger partial charge in [0.15, 0.2) is 0 Å². The van der Waals surface area contributed by atoms with Crippen LogP contribution in [0.2, 0.25) is 0 Å². The number of carbonyl (C=O) groups excluding carboxylic acids is 2. The van der Waals surface area contributed by atoms with E-state index in [0.717, 1.165) is 69.8 Å². The van der Waals surface area contributed by atoms with Gasteiger partial charge in [-0.25, -0.2) is 9.71 Å². The van der Waals surface area contributed by atoms with Crippen LogP contribution >= 0.6 is 0 Å². The molecule has 3 heterocycles. The molecule has 2 aromatic carbocycles. The molecule has 0 unspecified atom stereocenters. The molecule has 2 amide bonds. The fourth-order valence-electron chi connectivity index (χ4n) is 6.59. The van der Waals surface area contributed by atoms with Crippen LogP contribution in [0.4, 0.5) is 0 Å². The molecule has 1 saturated carbocycles. The molecular weight excluding hydrogens is 588 g/mol. The average molecular weight is 629 g/mol. The molecule has 11 heteroatoms. The maximum absolute atomic E-state index is 13.8. The summed E-state index contributed by atoms with van der Waals surface area (Å²) in [6.45, 7) is 2.72. The Morgan fingerprint density at radius 3 is 2.51 bits per heavy atom. The van der Waals surface area contributed by atoms with Crippen molar-refractivity contribution >= 4 is 39.0 Å². The van der Waals surface area contributed by atoms with Crippen molar-refractivity contribution in [2.75, 3.05) is 14.1 Å². The second-order valence-corrected chi connectivity index (χ2v) is 14.2. The summed E-state index contributed by atoms with van der Waals surface area (Å²) in [5, 5.41) is 4.08. The van der Waals surface area contributed by atoms with E-state index in [1.54, 1.807) is 18.5 Å². The second kappa shape index (κ2) is 12.3. The highest BCUT2D eigenvalue weighted by molar-refractivity contribution is 7.87. The molecule has 4 aromatic rings. The zero-order valence-corrected chi connectivity index (χ0v) is 27.1. The minimum absolute atomic E-state index is 0.187. The van der Waals surface area contributed by atoms with Crippen molar-refractivity contribution in [2.45, 2.75) is 64.5 Å². The molecule has 1 aliphatic carbocycles. The van der Waals surface area contributed by atoms with E-state index in [-0.39, 0.29) is 11.5 Å². The second-order valence-electron chi connectivity index (χ2n) is 12.3. The van der Waals surface area contributed by atoms with Gasteiger partial charge in [-0.1, -0.05) is 50.5 Å². The highest BCUT2D eigenvalue weighted by Gasteiger charge is 2.31. The van der Waals surface area contributed by atoms with Gasteiger partial charge in [0.2, 0.25) is 5.91 Å². The molecule has 2 aliphatic rings. The first kappa shape index (κ1) is 30.8. The van der Waals surface area contributed by atoms with Crippen LogP contribution < -0.4 is 10.0 Å². The molecule has 6 rings (SSSR count). The molecule has 236 valence electrons. The summed E-state index contributed by atoms with van der Waals surface area (Å²) < 4.78 is 32.1. The van der Waals surface area contributed by atoms with Gasteiger partial charge in [-0.3, -0.25) is 9.59 Å². The number of nitrogens with zero attached hydrogens (tertiary/aromatic N) is 4. The number of amides is 2. The van der Waals surface area contributed by atoms with Crippen molar-refractivity contribution in [3.05, 3.63) is 82.4 Å². The van der Waals surface area contributed by atoms with Crippen molar-refractivity contribution in [1.29, 1.82) is 0 Å². The largest absolute Gasteiger partial charge is 0.347 e. The summed E-state index contributed by atoms with van der Waals surface area (Å²) >= 11 is 0. The Hall–Kier alpha value is -4.22. The summed E-state index contributed by atoms with van der Waals surface area (Å²) in [5.41, 5.74) is 7.94. The minimum Gasteiger partial charge on any atom is -0.347 e. The number of hydrogen-bond donors (Lipinski definition) is 2. The van der Waals surface area contributed by atoms with Crippen molar-refractivity contribution < 1.29 is 18.0 Å². The summed E-state index contributed by atoms with van der Waals surface area (Å²) in [5.74, 6) is -0.552. The molecule has 0 atom stereocenters. The minimum atomic E-state index is -3.97.